The minimum atomic E-state index is -0.211. The van der Waals surface area contributed by atoms with E-state index >= 15 is 0 Å². The largest absolute Gasteiger partial charge is 0.507 e. The number of benzene rings is 1. The van der Waals surface area contributed by atoms with Crippen molar-refractivity contribution in [3.63, 3.8) is 0 Å². The second-order valence-electron chi connectivity index (χ2n) is 7.22. The Hall–Kier alpha value is -2.91. The van der Waals surface area contributed by atoms with E-state index in [-0.39, 0.29) is 17.0 Å². The molecule has 2 aliphatic rings. The molecule has 0 unspecified atom stereocenters. The van der Waals surface area contributed by atoms with Gasteiger partial charge in [0.25, 0.3) is 0 Å². The van der Waals surface area contributed by atoms with Gasteiger partial charge in [-0.2, -0.15) is 0 Å². The van der Waals surface area contributed by atoms with E-state index in [1.807, 2.05) is 6.07 Å². The van der Waals surface area contributed by atoms with E-state index in [1.54, 1.807) is 24.3 Å². The molecule has 1 aromatic heterocycles. The first-order valence-electron chi connectivity index (χ1n) is 9.12. The zero-order valence-electron chi connectivity index (χ0n) is 14.9. The maximum absolute atomic E-state index is 11.7. The van der Waals surface area contributed by atoms with Gasteiger partial charge in [0.1, 0.15) is 11.5 Å². The molecule has 6 heteroatoms. The third kappa shape index (κ3) is 3.38. The van der Waals surface area contributed by atoms with Crippen molar-refractivity contribution in [2.45, 2.75) is 25.7 Å². The number of hydrogen-bond donors (Lipinski definition) is 2. The summed E-state index contributed by atoms with van der Waals surface area (Å²) < 4.78 is 5.38. The highest BCUT2D eigenvalue weighted by atomic mass is 16.5. The molecule has 1 saturated carbocycles. The average Bonchev–Trinajstić information content (AvgIpc) is 2.63. The van der Waals surface area contributed by atoms with E-state index in [2.05, 4.69) is 22.0 Å². The molecule has 0 bridgehead atoms. The number of phenols is 1. The van der Waals surface area contributed by atoms with Crippen LogP contribution in [0.15, 0.2) is 30.3 Å². The zero-order chi connectivity index (χ0) is 18.9. The fourth-order valence-corrected chi connectivity index (χ4v) is 3.68. The number of hydrogen-bond acceptors (Lipinski definition) is 6. The monoisotopic (exact) mass is 363 g/mol. The lowest BCUT2D eigenvalue weighted by atomic mass is 9.65. The van der Waals surface area contributed by atoms with Gasteiger partial charge in [-0.25, -0.2) is 0 Å². The van der Waals surface area contributed by atoms with Crippen molar-refractivity contribution in [2.24, 2.45) is 11.3 Å². The highest BCUT2D eigenvalue weighted by molar-refractivity contribution is 5.79. The SMILES string of the molecule is Nc1nnc(-c2ccccc2O)cc1C#CC1(C2COC2)CCC(=O)CC1. The van der Waals surface area contributed by atoms with Crippen LogP contribution in [0.1, 0.15) is 31.2 Å². The number of rotatable bonds is 2. The molecule has 0 amide bonds. The fourth-order valence-electron chi connectivity index (χ4n) is 3.68. The first-order valence-corrected chi connectivity index (χ1v) is 9.12. The van der Waals surface area contributed by atoms with Gasteiger partial charge in [-0.05, 0) is 31.0 Å². The van der Waals surface area contributed by atoms with Crippen molar-refractivity contribution in [1.29, 1.82) is 0 Å². The summed E-state index contributed by atoms with van der Waals surface area (Å²) in [6, 6.07) is 8.70. The molecule has 0 atom stereocenters. The number of carbonyl (C=O) groups is 1. The van der Waals surface area contributed by atoms with Crippen molar-refractivity contribution in [3.05, 3.63) is 35.9 Å². The molecule has 1 aromatic carbocycles. The number of aromatic hydroxyl groups is 1. The quantitative estimate of drug-likeness (QED) is 0.796. The van der Waals surface area contributed by atoms with Crippen LogP contribution in [0.3, 0.4) is 0 Å². The molecule has 4 rings (SSSR count). The Balaban J connectivity index is 1.69. The summed E-state index contributed by atoms with van der Waals surface area (Å²) in [4.78, 5) is 11.7. The lowest BCUT2D eigenvalue weighted by Crippen LogP contribution is -2.44. The van der Waals surface area contributed by atoms with Crippen molar-refractivity contribution in [3.8, 4) is 28.8 Å². The van der Waals surface area contributed by atoms with E-state index in [1.165, 1.54) is 0 Å². The minimum absolute atomic E-state index is 0.129. The number of carbonyl (C=O) groups excluding carboxylic acids is 1. The number of aromatic nitrogens is 2. The van der Waals surface area contributed by atoms with Gasteiger partial charge in [-0.1, -0.05) is 24.0 Å². The Morgan fingerprint density at radius 3 is 2.59 bits per heavy atom. The van der Waals surface area contributed by atoms with Crippen LogP contribution in [0.4, 0.5) is 5.82 Å². The summed E-state index contributed by atoms with van der Waals surface area (Å²) in [5.41, 5.74) is 7.47. The molecule has 1 aliphatic heterocycles. The summed E-state index contributed by atoms with van der Waals surface area (Å²) in [5, 5.41) is 18.2. The number of nitrogens with zero attached hydrogens (tertiary/aromatic N) is 2. The fraction of sp³-hybridized carbons (Fsp3) is 0.381. The van der Waals surface area contributed by atoms with E-state index in [0.29, 0.717) is 54.6 Å². The van der Waals surface area contributed by atoms with Crippen molar-refractivity contribution in [2.75, 3.05) is 18.9 Å². The molecule has 27 heavy (non-hydrogen) atoms. The maximum atomic E-state index is 11.7. The number of ketones is 1. The second-order valence-corrected chi connectivity index (χ2v) is 7.22. The minimum Gasteiger partial charge on any atom is -0.507 e. The van der Waals surface area contributed by atoms with Crippen LogP contribution in [-0.4, -0.2) is 34.3 Å². The molecular weight excluding hydrogens is 342 g/mol. The first-order chi connectivity index (χ1) is 13.1. The third-order valence-corrected chi connectivity index (χ3v) is 5.57. The summed E-state index contributed by atoms with van der Waals surface area (Å²) in [5.74, 6) is 7.65. The van der Waals surface area contributed by atoms with Crippen LogP contribution in [0.5, 0.6) is 5.75 Å². The van der Waals surface area contributed by atoms with Crippen molar-refractivity contribution < 1.29 is 14.6 Å². The predicted octanol–water partition coefficient (Wildman–Crippen LogP) is 2.56. The van der Waals surface area contributed by atoms with Crippen molar-refractivity contribution in [1.82, 2.24) is 10.2 Å². The highest BCUT2D eigenvalue weighted by Crippen LogP contribution is 2.44. The highest BCUT2D eigenvalue weighted by Gasteiger charge is 2.43. The number of nitrogen functional groups attached to an aromatic ring is 1. The van der Waals surface area contributed by atoms with Crippen LogP contribution in [0.2, 0.25) is 0 Å². The Morgan fingerprint density at radius 2 is 1.93 bits per heavy atom. The standard InChI is InChI=1S/C21H21N3O3/c22-20-14(11-18(23-24-20)17-3-1-2-4-19(17)26)5-8-21(15-12-27-13-15)9-6-16(25)7-10-21/h1-4,11,15,26H,6-7,9-10,12-13H2,(H2,22,24). The van der Waals surface area contributed by atoms with Gasteiger partial charge in [0.05, 0.1) is 24.5 Å². The zero-order valence-corrected chi connectivity index (χ0v) is 14.9. The molecule has 0 radical (unpaired) electrons. The second kappa shape index (κ2) is 7.01. The number of Topliss-reactive ketones (excluding diaryl/α,β-unsaturated/α-hetero) is 1. The van der Waals surface area contributed by atoms with Gasteiger partial charge in [-0.15, -0.1) is 10.2 Å². The van der Waals surface area contributed by atoms with E-state index in [4.69, 9.17) is 10.5 Å². The number of para-hydroxylation sites is 1. The van der Waals surface area contributed by atoms with E-state index in [0.717, 1.165) is 12.8 Å². The maximum Gasteiger partial charge on any atom is 0.161 e. The third-order valence-electron chi connectivity index (χ3n) is 5.57. The molecule has 2 aromatic rings. The van der Waals surface area contributed by atoms with Crippen LogP contribution in [0.25, 0.3) is 11.3 Å². The Morgan fingerprint density at radius 1 is 1.19 bits per heavy atom. The predicted molar refractivity (Wildman–Crippen MR) is 101 cm³/mol. The number of phenolic OH excluding ortho intramolecular Hbond substituents is 1. The lowest BCUT2D eigenvalue weighted by molar-refractivity contribution is -0.127. The summed E-state index contributed by atoms with van der Waals surface area (Å²) in [6.45, 7) is 1.38. The topological polar surface area (TPSA) is 98.3 Å². The van der Waals surface area contributed by atoms with Gasteiger partial charge < -0.3 is 15.6 Å². The Bertz CT molecular complexity index is 931. The van der Waals surface area contributed by atoms with Crippen LogP contribution >= 0.6 is 0 Å². The van der Waals surface area contributed by atoms with E-state index in [9.17, 15) is 9.90 Å². The molecule has 2 heterocycles. The normalized spacial score (nSPS) is 19.0. The number of ether oxygens (including phenoxy) is 1. The van der Waals surface area contributed by atoms with Gasteiger partial charge >= 0.3 is 0 Å². The molecule has 6 nitrogen and oxygen atoms in total. The van der Waals surface area contributed by atoms with Crippen LogP contribution < -0.4 is 5.73 Å². The summed E-state index contributed by atoms with van der Waals surface area (Å²) in [7, 11) is 0. The molecule has 0 spiro atoms. The summed E-state index contributed by atoms with van der Waals surface area (Å²) >= 11 is 0. The van der Waals surface area contributed by atoms with Gasteiger partial charge in [-0.3, -0.25) is 4.79 Å². The van der Waals surface area contributed by atoms with Gasteiger partial charge in [0.15, 0.2) is 5.82 Å². The van der Waals surface area contributed by atoms with Crippen LogP contribution in [-0.2, 0) is 9.53 Å². The first kappa shape index (κ1) is 17.5. The lowest BCUT2D eigenvalue weighted by Gasteiger charge is -2.43. The molecule has 1 aliphatic carbocycles. The van der Waals surface area contributed by atoms with Gasteiger partial charge in [0, 0.05) is 29.7 Å². The molecule has 1 saturated heterocycles. The number of nitrogens with two attached hydrogens (primary N) is 1. The van der Waals surface area contributed by atoms with Crippen molar-refractivity contribution >= 4 is 11.6 Å². The molecular formula is C21H21N3O3. The Labute approximate surface area is 157 Å². The molecule has 3 N–H and O–H groups in total. The smallest absolute Gasteiger partial charge is 0.161 e. The number of anilines is 1. The summed E-state index contributed by atoms with van der Waals surface area (Å²) in [6.07, 6.45) is 2.66. The Kier molecular flexibility index (Phi) is 4.54. The van der Waals surface area contributed by atoms with E-state index < -0.39 is 0 Å². The molecule has 2 fully saturated rings. The molecule has 138 valence electrons. The van der Waals surface area contributed by atoms with Crippen LogP contribution in [0, 0.1) is 23.2 Å². The average molecular weight is 363 g/mol. The van der Waals surface area contributed by atoms with Gasteiger partial charge in [0.2, 0.25) is 0 Å².